The highest BCUT2D eigenvalue weighted by molar-refractivity contribution is 6.55. The standard InChI is InChI=1S/C16H22BClO3/c1-11-6-12(9-14(18)7-11)8-13(10-19)17-20-15(2,3)16(4,5)21-17/h6-9,19H,10H2,1-5H3. The summed E-state index contributed by atoms with van der Waals surface area (Å²) in [5, 5.41) is 10.3. The second-order valence-electron chi connectivity index (χ2n) is 6.53. The fraction of sp³-hybridized carbons (Fsp3) is 0.500. The molecule has 3 nitrogen and oxygen atoms in total. The first-order valence-corrected chi connectivity index (χ1v) is 7.46. The van der Waals surface area contributed by atoms with Crippen LogP contribution in [0.5, 0.6) is 0 Å². The number of benzene rings is 1. The van der Waals surface area contributed by atoms with E-state index >= 15 is 0 Å². The molecule has 1 fully saturated rings. The third kappa shape index (κ3) is 3.51. The van der Waals surface area contributed by atoms with Crippen molar-refractivity contribution in [1.29, 1.82) is 0 Å². The Morgan fingerprint density at radius 1 is 1.19 bits per heavy atom. The van der Waals surface area contributed by atoms with Gasteiger partial charge in [-0.25, -0.2) is 0 Å². The Hall–Kier alpha value is -0.805. The van der Waals surface area contributed by atoms with Crippen LogP contribution < -0.4 is 0 Å². The van der Waals surface area contributed by atoms with Crippen LogP contribution in [0, 0.1) is 6.92 Å². The van der Waals surface area contributed by atoms with E-state index < -0.39 is 18.3 Å². The molecule has 1 aliphatic heterocycles. The van der Waals surface area contributed by atoms with Crippen LogP contribution in [0.25, 0.3) is 6.08 Å². The fourth-order valence-corrected chi connectivity index (χ4v) is 2.54. The summed E-state index contributed by atoms with van der Waals surface area (Å²) in [5.41, 5.74) is 1.85. The van der Waals surface area contributed by atoms with Gasteiger partial charge >= 0.3 is 7.12 Å². The van der Waals surface area contributed by atoms with Gasteiger partial charge in [0.1, 0.15) is 0 Å². The summed E-state index contributed by atoms with van der Waals surface area (Å²) in [5.74, 6) is 0. The van der Waals surface area contributed by atoms with Crippen LogP contribution in [0.15, 0.2) is 23.7 Å². The maximum Gasteiger partial charge on any atom is 0.492 e. The first-order valence-electron chi connectivity index (χ1n) is 7.09. The zero-order chi connectivity index (χ0) is 15.8. The zero-order valence-electron chi connectivity index (χ0n) is 13.2. The molecule has 1 aromatic rings. The van der Waals surface area contributed by atoms with Crippen LogP contribution in [0.3, 0.4) is 0 Å². The molecule has 0 bridgehead atoms. The lowest BCUT2D eigenvalue weighted by Gasteiger charge is -2.32. The Kier molecular flexibility index (Phi) is 4.55. The Balaban J connectivity index is 2.30. The monoisotopic (exact) mass is 308 g/mol. The predicted molar refractivity (Wildman–Crippen MR) is 87.3 cm³/mol. The Morgan fingerprint density at radius 2 is 1.76 bits per heavy atom. The highest BCUT2D eigenvalue weighted by Gasteiger charge is 2.52. The number of aliphatic hydroxyl groups is 1. The predicted octanol–water partition coefficient (Wildman–Crippen LogP) is 3.66. The van der Waals surface area contributed by atoms with Crippen molar-refractivity contribution in [2.45, 2.75) is 45.8 Å². The molecule has 0 aliphatic carbocycles. The molecule has 114 valence electrons. The van der Waals surface area contributed by atoms with Crippen LogP contribution >= 0.6 is 11.6 Å². The highest BCUT2D eigenvalue weighted by atomic mass is 35.5. The van der Waals surface area contributed by atoms with Gasteiger partial charge in [0.05, 0.1) is 17.8 Å². The molecule has 1 heterocycles. The summed E-state index contributed by atoms with van der Waals surface area (Å²) >= 11 is 6.07. The second-order valence-corrected chi connectivity index (χ2v) is 6.96. The van der Waals surface area contributed by atoms with Gasteiger partial charge in [0.2, 0.25) is 0 Å². The normalized spacial score (nSPS) is 20.9. The lowest BCUT2D eigenvalue weighted by atomic mass is 9.77. The largest absolute Gasteiger partial charge is 0.492 e. The zero-order valence-corrected chi connectivity index (χ0v) is 14.0. The van der Waals surface area contributed by atoms with Crippen LogP contribution in [0.4, 0.5) is 0 Å². The summed E-state index contributed by atoms with van der Waals surface area (Å²) in [6.45, 7) is 9.83. The minimum absolute atomic E-state index is 0.123. The molecule has 1 aliphatic rings. The topological polar surface area (TPSA) is 38.7 Å². The maximum absolute atomic E-state index is 9.67. The molecule has 1 N–H and O–H groups in total. The molecule has 5 heteroatoms. The van der Waals surface area contributed by atoms with Crippen molar-refractivity contribution in [2.24, 2.45) is 0 Å². The molecule has 1 saturated heterocycles. The lowest BCUT2D eigenvalue weighted by molar-refractivity contribution is 0.00578. The van der Waals surface area contributed by atoms with Gasteiger partial charge in [-0.15, -0.1) is 0 Å². The molecule has 0 spiro atoms. The third-order valence-electron chi connectivity index (χ3n) is 4.16. The van der Waals surface area contributed by atoms with Gasteiger partial charge < -0.3 is 14.4 Å². The molecule has 0 radical (unpaired) electrons. The molecule has 0 saturated carbocycles. The SMILES string of the molecule is Cc1cc(Cl)cc(C=C(CO)B2OC(C)(C)C(C)(C)O2)c1. The average molecular weight is 309 g/mol. The Labute approximate surface area is 132 Å². The van der Waals surface area contributed by atoms with Crippen LogP contribution in [0.1, 0.15) is 38.8 Å². The van der Waals surface area contributed by atoms with Crippen molar-refractivity contribution in [3.05, 3.63) is 39.8 Å². The summed E-state index contributed by atoms with van der Waals surface area (Å²) in [6, 6.07) is 5.76. The smallest absolute Gasteiger partial charge is 0.400 e. The number of halogens is 1. The van der Waals surface area contributed by atoms with E-state index in [9.17, 15) is 5.11 Å². The Bertz CT molecular complexity index is 530. The first kappa shape index (κ1) is 16.6. The van der Waals surface area contributed by atoms with Crippen molar-refractivity contribution >= 4 is 24.8 Å². The van der Waals surface area contributed by atoms with Crippen molar-refractivity contribution in [3.8, 4) is 0 Å². The lowest BCUT2D eigenvalue weighted by Crippen LogP contribution is -2.41. The van der Waals surface area contributed by atoms with Crippen molar-refractivity contribution in [2.75, 3.05) is 6.61 Å². The van der Waals surface area contributed by atoms with Gasteiger partial charge in [0.15, 0.2) is 0 Å². The molecular formula is C16H22BClO3. The number of hydrogen-bond donors (Lipinski definition) is 1. The van der Waals surface area contributed by atoms with Crippen molar-refractivity contribution < 1.29 is 14.4 Å². The van der Waals surface area contributed by atoms with Crippen molar-refractivity contribution in [3.63, 3.8) is 0 Å². The molecular weight excluding hydrogens is 286 g/mol. The molecule has 21 heavy (non-hydrogen) atoms. The maximum atomic E-state index is 9.67. The molecule has 0 atom stereocenters. The minimum Gasteiger partial charge on any atom is -0.400 e. The van der Waals surface area contributed by atoms with E-state index in [1.54, 1.807) is 0 Å². The van der Waals surface area contributed by atoms with Crippen LogP contribution in [0.2, 0.25) is 5.02 Å². The number of rotatable bonds is 3. The van der Waals surface area contributed by atoms with E-state index in [1.165, 1.54) is 0 Å². The number of hydrogen-bond acceptors (Lipinski definition) is 3. The van der Waals surface area contributed by atoms with Crippen LogP contribution in [-0.2, 0) is 9.31 Å². The van der Waals surface area contributed by atoms with Gasteiger partial charge in [-0.1, -0.05) is 23.7 Å². The number of aliphatic hydroxyl groups excluding tert-OH is 1. The van der Waals surface area contributed by atoms with Gasteiger partial charge in [0.25, 0.3) is 0 Å². The quantitative estimate of drug-likeness (QED) is 0.866. The van der Waals surface area contributed by atoms with E-state index in [0.29, 0.717) is 10.5 Å². The molecule has 2 rings (SSSR count). The molecule has 1 aromatic carbocycles. The van der Waals surface area contributed by atoms with E-state index in [-0.39, 0.29) is 6.61 Å². The Morgan fingerprint density at radius 3 is 2.24 bits per heavy atom. The second kappa shape index (κ2) is 5.77. The van der Waals surface area contributed by atoms with Gasteiger partial charge in [-0.2, -0.15) is 0 Å². The third-order valence-corrected chi connectivity index (χ3v) is 4.37. The average Bonchev–Trinajstić information content (AvgIpc) is 2.54. The van der Waals surface area contributed by atoms with E-state index in [1.807, 2.05) is 58.9 Å². The summed E-state index contributed by atoms with van der Waals surface area (Å²) < 4.78 is 11.9. The van der Waals surface area contributed by atoms with E-state index in [0.717, 1.165) is 11.1 Å². The van der Waals surface area contributed by atoms with Crippen LogP contribution in [-0.4, -0.2) is 30.0 Å². The molecule has 0 aromatic heterocycles. The van der Waals surface area contributed by atoms with Gasteiger partial charge in [-0.3, -0.25) is 0 Å². The number of aryl methyl sites for hydroxylation is 1. The fourth-order valence-electron chi connectivity index (χ4n) is 2.24. The van der Waals surface area contributed by atoms with Gasteiger partial charge in [0, 0.05) is 5.02 Å². The van der Waals surface area contributed by atoms with E-state index in [2.05, 4.69) is 0 Å². The van der Waals surface area contributed by atoms with Gasteiger partial charge in [-0.05, 0) is 63.4 Å². The molecule has 0 amide bonds. The summed E-state index contributed by atoms with van der Waals surface area (Å²) in [7, 11) is -0.542. The highest BCUT2D eigenvalue weighted by Crippen LogP contribution is 2.38. The van der Waals surface area contributed by atoms with E-state index in [4.69, 9.17) is 20.9 Å². The molecule has 0 unspecified atom stereocenters. The summed E-state index contributed by atoms with van der Waals surface area (Å²) in [6.07, 6.45) is 1.88. The first-order chi connectivity index (χ1) is 9.64. The summed E-state index contributed by atoms with van der Waals surface area (Å²) in [4.78, 5) is 0. The minimum atomic E-state index is -0.542. The van der Waals surface area contributed by atoms with Crippen molar-refractivity contribution in [1.82, 2.24) is 0 Å².